The quantitative estimate of drug-likeness (QED) is 0.829. The van der Waals surface area contributed by atoms with Crippen molar-refractivity contribution in [3.63, 3.8) is 0 Å². The number of aromatic nitrogens is 3. The third-order valence-electron chi connectivity index (χ3n) is 4.67. The van der Waals surface area contributed by atoms with E-state index in [2.05, 4.69) is 15.6 Å². The van der Waals surface area contributed by atoms with Crippen molar-refractivity contribution >= 4 is 22.8 Å². The van der Waals surface area contributed by atoms with Gasteiger partial charge in [0.1, 0.15) is 5.52 Å². The number of hydrogen-bond donors (Lipinski definition) is 1. The molecule has 0 saturated carbocycles. The van der Waals surface area contributed by atoms with Gasteiger partial charge >= 0.3 is 0 Å². The van der Waals surface area contributed by atoms with Gasteiger partial charge in [-0.1, -0.05) is 5.21 Å². The summed E-state index contributed by atoms with van der Waals surface area (Å²) in [5.74, 6) is 0.0194. The molecule has 0 spiro atoms. The number of carbonyl (C=O) groups is 2. The molecule has 1 N–H and O–H groups in total. The van der Waals surface area contributed by atoms with Crippen LogP contribution in [-0.2, 0) is 11.8 Å². The second kappa shape index (κ2) is 4.79. The highest BCUT2D eigenvalue weighted by Crippen LogP contribution is 2.30. The van der Waals surface area contributed by atoms with E-state index in [4.69, 9.17) is 0 Å². The van der Waals surface area contributed by atoms with Crippen molar-refractivity contribution in [2.45, 2.75) is 31.3 Å². The molecule has 4 rings (SSSR count). The lowest BCUT2D eigenvalue weighted by molar-refractivity contribution is -0.121. The zero-order valence-corrected chi connectivity index (χ0v) is 12.3. The fourth-order valence-electron chi connectivity index (χ4n) is 3.53. The molecule has 0 aliphatic carbocycles. The van der Waals surface area contributed by atoms with Crippen molar-refractivity contribution in [3.05, 3.63) is 23.8 Å². The minimum atomic E-state index is -0.0171. The Bertz CT molecular complexity index is 768. The van der Waals surface area contributed by atoms with E-state index in [1.807, 2.05) is 24.1 Å². The van der Waals surface area contributed by atoms with Crippen molar-refractivity contribution < 1.29 is 9.59 Å². The molecule has 2 aliphatic rings. The number of nitrogens with one attached hydrogen (secondary N) is 1. The summed E-state index contributed by atoms with van der Waals surface area (Å²) >= 11 is 0. The molecule has 22 heavy (non-hydrogen) atoms. The van der Waals surface area contributed by atoms with Crippen molar-refractivity contribution in [1.29, 1.82) is 0 Å². The van der Waals surface area contributed by atoms with Gasteiger partial charge in [0, 0.05) is 37.7 Å². The molecule has 1 aromatic heterocycles. The lowest BCUT2D eigenvalue weighted by Gasteiger charge is -2.27. The van der Waals surface area contributed by atoms with Crippen LogP contribution in [0.15, 0.2) is 18.2 Å². The lowest BCUT2D eigenvalue weighted by Crippen LogP contribution is -2.42. The van der Waals surface area contributed by atoms with Crippen LogP contribution in [0.25, 0.3) is 11.0 Å². The number of fused-ring (bicyclic) bond motifs is 3. The van der Waals surface area contributed by atoms with E-state index < -0.39 is 0 Å². The highest BCUT2D eigenvalue weighted by molar-refractivity contribution is 5.98. The third kappa shape index (κ3) is 1.96. The molecule has 2 aromatic rings. The van der Waals surface area contributed by atoms with Crippen LogP contribution in [0.3, 0.4) is 0 Å². The second-order valence-electron chi connectivity index (χ2n) is 6.02. The predicted molar refractivity (Wildman–Crippen MR) is 79.1 cm³/mol. The maximum absolute atomic E-state index is 12.9. The Morgan fingerprint density at radius 3 is 3.00 bits per heavy atom. The fourth-order valence-corrected chi connectivity index (χ4v) is 3.53. The molecule has 7 nitrogen and oxygen atoms in total. The van der Waals surface area contributed by atoms with E-state index in [1.165, 1.54) is 0 Å². The van der Waals surface area contributed by atoms with Gasteiger partial charge in [-0.05, 0) is 31.0 Å². The molecular formula is C15H17N5O2. The Morgan fingerprint density at radius 1 is 1.32 bits per heavy atom. The number of rotatable bonds is 1. The summed E-state index contributed by atoms with van der Waals surface area (Å²) in [7, 11) is 1.82. The van der Waals surface area contributed by atoms with Crippen LogP contribution in [0.2, 0.25) is 0 Å². The first-order valence-electron chi connectivity index (χ1n) is 7.52. The van der Waals surface area contributed by atoms with E-state index in [0.29, 0.717) is 24.0 Å². The average molecular weight is 299 g/mol. The topological polar surface area (TPSA) is 80.1 Å². The Morgan fingerprint density at radius 2 is 2.14 bits per heavy atom. The largest absolute Gasteiger partial charge is 0.354 e. The number of amides is 2. The maximum Gasteiger partial charge on any atom is 0.254 e. The van der Waals surface area contributed by atoms with Gasteiger partial charge in [0.2, 0.25) is 5.91 Å². The summed E-state index contributed by atoms with van der Waals surface area (Å²) < 4.78 is 1.68. The molecule has 0 radical (unpaired) electrons. The van der Waals surface area contributed by atoms with Crippen LogP contribution in [0.5, 0.6) is 0 Å². The summed E-state index contributed by atoms with van der Waals surface area (Å²) in [5, 5.41) is 10.9. The van der Waals surface area contributed by atoms with Crippen LogP contribution < -0.4 is 5.32 Å². The van der Waals surface area contributed by atoms with Crippen molar-refractivity contribution in [2.75, 3.05) is 6.54 Å². The third-order valence-corrected chi connectivity index (χ3v) is 4.67. The van der Waals surface area contributed by atoms with Gasteiger partial charge in [-0.3, -0.25) is 9.59 Å². The van der Waals surface area contributed by atoms with Gasteiger partial charge in [0.15, 0.2) is 0 Å². The fraction of sp³-hybridized carbons (Fsp3) is 0.467. The minimum Gasteiger partial charge on any atom is -0.354 e. The molecule has 3 heterocycles. The van der Waals surface area contributed by atoms with Gasteiger partial charge in [-0.15, -0.1) is 5.10 Å². The van der Waals surface area contributed by atoms with E-state index in [-0.39, 0.29) is 23.9 Å². The highest BCUT2D eigenvalue weighted by atomic mass is 16.2. The van der Waals surface area contributed by atoms with Gasteiger partial charge in [-0.2, -0.15) is 0 Å². The smallest absolute Gasteiger partial charge is 0.254 e. The average Bonchev–Trinajstić information content (AvgIpc) is 3.02. The maximum atomic E-state index is 12.9. The number of nitrogens with zero attached hydrogens (tertiary/aromatic N) is 4. The van der Waals surface area contributed by atoms with Crippen LogP contribution in [0.4, 0.5) is 0 Å². The first kappa shape index (κ1) is 13.2. The molecule has 2 fully saturated rings. The molecule has 7 heteroatoms. The summed E-state index contributed by atoms with van der Waals surface area (Å²) in [6.07, 6.45) is 2.25. The highest BCUT2D eigenvalue weighted by Gasteiger charge is 2.40. The Labute approximate surface area is 127 Å². The predicted octanol–water partition coefficient (Wildman–Crippen LogP) is 0.461. The minimum absolute atomic E-state index is 0.0116. The Balaban J connectivity index is 1.68. The molecule has 114 valence electrons. The standard InChI is InChI=1S/C15H17N5O2/c1-19-13-5-2-9(6-12(13)17-18-19)15(22)20-10-3-4-11(20)8-16-14(21)7-10/h2,5-6,10-11H,3-4,7-8H2,1H3,(H,16,21)/t10-,11+/m1/s1. The van der Waals surface area contributed by atoms with Crippen molar-refractivity contribution in [3.8, 4) is 0 Å². The van der Waals surface area contributed by atoms with E-state index in [1.54, 1.807) is 10.7 Å². The first-order chi connectivity index (χ1) is 10.6. The summed E-state index contributed by atoms with van der Waals surface area (Å²) in [6, 6.07) is 5.57. The molecule has 2 amide bonds. The number of hydrogen-bond acceptors (Lipinski definition) is 4. The summed E-state index contributed by atoms with van der Waals surface area (Å²) in [5.41, 5.74) is 2.22. The van der Waals surface area contributed by atoms with Crippen LogP contribution >= 0.6 is 0 Å². The first-order valence-corrected chi connectivity index (χ1v) is 7.52. The number of aryl methyl sites for hydroxylation is 1. The van der Waals surface area contributed by atoms with Gasteiger partial charge in [0.25, 0.3) is 5.91 Å². The Kier molecular flexibility index (Phi) is 2.88. The van der Waals surface area contributed by atoms with Crippen LogP contribution in [-0.4, -0.2) is 50.3 Å². The molecule has 2 bridgehead atoms. The van der Waals surface area contributed by atoms with Crippen LogP contribution in [0.1, 0.15) is 29.6 Å². The van der Waals surface area contributed by atoms with Gasteiger partial charge in [0.05, 0.1) is 5.52 Å². The lowest BCUT2D eigenvalue weighted by atomic mass is 10.1. The molecule has 2 saturated heterocycles. The summed E-state index contributed by atoms with van der Waals surface area (Å²) in [6.45, 7) is 0.550. The molecule has 2 aliphatic heterocycles. The van der Waals surface area contributed by atoms with Gasteiger partial charge in [-0.25, -0.2) is 4.68 Å². The number of carbonyl (C=O) groups excluding carboxylic acids is 2. The SMILES string of the molecule is Cn1nnc2cc(C(=O)N3[C@@H]4CC[C@H]3CNC(=O)C4)ccc21. The monoisotopic (exact) mass is 299 g/mol. The van der Waals surface area contributed by atoms with Crippen LogP contribution in [0, 0.1) is 0 Å². The van der Waals surface area contributed by atoms with Crippen molar-refractivity contribution in [2.24, 2.45) is 7.05 Å². The van der Waals surface area contributed by atoms with E-state index in [9.17, 15) is 9.59 Å². The number of benzene rings is 1. The van der Waals surface area contributed by atoms with E-state index >= 15 is 0 Å². The Hall–Kier alpha value is -2.44. The zero-order valence-electron chi connectivity index (χ0n) is 12.3. The molecular weight excluding hydrogens is 282 g/mol. The second-order valence-corrected chi connectivity index (χ2v) is 6.02. The molecule has 1 aromatic carbocycles. The zero-order chi connectivity index (χ0) is 15.3. The normalized spacial score (nSPS) is 24.4. The summed E-state index contributed by atoms with van der Waals surface area (Å²) in [4.78, 5) is 26.5. The van der Waals surface area contributed by atoms with Crippen molar-refractivity contribution in [1.82, 2.24) is 25.2 Å². The molecule has 2 atom stereocenters. The molecule has 0 unspecified atom stereocenters. The van der Waals surface area contributed by atoms with Gasteiger partial charge < -0.3 is 10.2 Å². The van der Waals surface area contributed by atoms with E-state index in [0.717, 1.165) is 18.4 Å².